The van der Waals surface area contributed by atoms with E-state index in [0.717, 1.165) is 18.4 Å². The molecule has 2 unspecified atom stereocenters. The molecule has 2 aliphatic rings. The Hall–Kier alpha value is -1.56. The highest BCUT2D eigenvalue weighted by atomic mass is 16.6. The molecule has 2 atom stereocenters. The molecule has 1 amide bonds. The second kappa shape index (κ2) is 7.34. The number of nitrogens with zero attached hydrogens (tertiary/aromatic N) is 1. The number of methoxy groups -OCH3 is 1. The van der Waals surface area contributed by atoms with E-state index in [4.69, 9.17) is 14.2 Å². The van der Waals surface area contributed by atoms with Gasteiger partial charge in [0.1, 0.15) is 5.60 Å². The molecule has 2 saturated heterocycles. The van der Waals surface area contributed by atoms with Crippen LogP contribution in [0.4, 0.5) is 4.79 Å². The van der Waals surface area contributed by atoms with Crippen LogP contribution >= 0.6 is 0 Å². The summed E-state index contributed by atoms with van der Waals surface area (Å²) in [6, 6.07) is 0.0149. The molecule has 130 valence electrons. The lowest BCUT2D eigenvalue weighted by molar-refractivity contribution is -0.135. The third-order valence-electron chi connectivity index (χ3n) is 4.20. The Kier molecular flexibility index (Phi) is 5.68. The number of carbonyl (C=O) groups excluding carboxylic acids is 2. The lowest BCUT2D eigenvalue weighted by Gasteiger charge is -2.36. The van der Waals surface area contributed by atoms with Gasteiger partial charge in [0.15, 0.2) is 0 Å². The van der Waals surface area contributed by atoms with Crippen molar-refractivity contribution in [2.24, 2.45) is 5.92 Å². The van der Waals surface area contributed by atoms with E-state index in [1.54, 1.807) is 11.0 Å². The molecule has 0 aliphatic carbocycles. The van der Waals surface area contributed by atoms with Crippen LogP contribution in [-0.4, -0.2) is 55.5 Å². The fourth-order valence-corrected chi connectivity index (χ4v) is 3.20. The summed E-state index contributed by atoms with van der Waals surface area (Å²) in [6.07, 6.45) is 3.79. The van der Waals surface area contributed by atoms with Crippen LogP contribution in [0.15, 0.2) is 11.6 Å². The topological polar surface area (TPSA) is 65.1 Å². The van der Waals surface area contributed by atoms with E-state index in [-0.39, 0.29) is 24.0 Å². The Morgan fingerprint density at radius 1 is 1.35 bits per heavy atom. The van der Waals surface area contributed by atoms with Crippen molar-refractivity contribution < 1.29 is 23.8 Å². The molecule has 2 heterocycles. The van der Waals surface area contributed by atoms with Crippen LogP contribution < -0.4 is 0 Å². The van der Waals surface area contributed by atoms with E-state index in [0.29, 0.717) is 26.2 Å². The molecule has 0 aromatic heterocycles. The summed E-state index contributed by atoms with van der Waals surface area (Å²) in [5.41, 5.74) is 0.487. The van der Waals surface area contributed by atoms with Crippen molar-refractivity contribution in [3.8, 4) is 0 Å². The minimum atomic E-state index is -0.516. The first-order valence-corrected chi connectivity index (χ1v) is 8.17. The van der Waals surface area contributed by atoms with Gasteiger partial charge in [-0.25, -0.2) is 9.59 Å². The van der Waals surface area contributed by atoms with Crippen LogP contribution in [-0.2, 0) is 19.0 Å². The molecule has 0 radical (unpaired) electrons. The fraction of sp³-hybridized carbons (Fsp3) is 0.765. The van der Waals surface area contributed by atoms with Crippen LogP contribution in [0.5, 0.6) is 0 Å². The number of rotatable bonds is 2. The van der Waals surface area contributed by atoms with E-state index in [2.05, 4.69) is 0 Å². The first-order chi connectivity index (χ1) is 10.8. The number of esters is 1. The van der Waals surface area contributed by atoms with E-state index in [9.17, 15) is 9.59 Å². The number of likely N-dealkylation sites (tertiary alicyclic amines) is 1. The predicted molar refractivity (Wildman–Crippen MR) is 85.0 cm³/mol. The Morgan fingerprint density at radius 2 is 2.09 bits per heavy atom. The summed E-state index contributed by atoms with van der Waals surface area (Å²) in [7, 11) is 1.37. The first-order valence-electron chi connectivity index (χ1n) is 8.17. The van der Waals surface area contributed by atoms with Gasteiger partial charge in [0, 0.05) is 24.6 Å². The van der Waals surface area contributed by atoms with Crippen LogP contribution in [0.1, 0.15) is 40.0 Å². The second-order valence-electron chi connectivity index (χ2n) is 7.06. The van der Waals surface area contributed by atoms with Gasteiger partial charge in [0.2, 0.25) is 0 Å². The molecule has 2 fully saturated rings. The molecule has 0 spiro atoms. The number of amides is 1. The molecule has 6 nitrogen and oxygen atoms in total. The van der Waals surface area contributed by atoms with Crippen LogP contribution in [0.2, 0.25) is 0 Å². The third-order valence-corrected chi connectivity index (χ3v) is 4.20. The van der Waals surface area contributed by atoms with Gasteiger partial charge in [-0.2, -0.15) is 0 Å². The monoisotopic (exact) mass is 325 g/mol. The molecule has 23 heavy (non-hydrogen) atoms. The standard InChI is InChI=1S/C17H27NO5/c1-17(2,3)23-16(20)18-8-5-6-14(18)13-11-22-9-7-12(13)10-15(19)21-4/h10,13-14H,5-9,11H2,1-4H3/b12-10-. The highest BCUT2D eigenvalue weighted by Gasteiger charge is 2.39. The number of carbonyl (C=O) groups is 2. The molecule has 2 rings (SSSR count). The minimum Gasteiger partial charge on any atom is -0.466 e. The number of hydrogen-bond acceptors (Lipinski definition) is 5. The predicted octanol–water partition coefficient (Wildman–Crippen LogP) is 2.52. The summed E-state index contributed by atoms with van der Waals surface area (Å²) in [4.78, 5) is 25.8. The summed E-state index contributed by atoms with van der Waals surface area (Å²) in [5.74, 6) is -0.327. The summed E-state index contributed by atoms with van der Waals surface area (Å²) < 4.78 is 15.9. The van der Waals surface area contributed by atoms with Gasteiger partial charge < -0.3 is 19.1 Å². The fourth-order valence-electron chi connectivity index (χ4n) is 3.20. The van der Waals surface area contributed by atoms with Crippen molar-refractivity contribution in [2.45, 2.75) is 51.7 Å². The quantitative estimate of drug-likeness (QED) is 0.576. The average Bonchev–Trinajstić information content (AvgIpc) is 2.95. The van der Waals surface area contributed by atoms with Crippen molar-refractivity contribution in [1.82, 2.24) is 4.90 Å². The maximum Gasteiger partial charge on any atom is 0.410 e. The molecule has 0 N–H and O–H groups in total. The number of ether oxygens (including phenoxy) is 3. The highest BCUT2D eigenvalue weighted by Crippen LogP contribution is 2.33. The lowest BCUT2D eigenvalue weighted by atomic mass is 9.86. The van der Waals surface area contributed by atoms with Gasteiger partial charge >= 0.3 is 12.1 Å². The van der Waals surface area contributed by atoms with E-state index in [1.165, 1.54) is 7.11 Å². The van der Waals surface area contributed by atoms with Crippen molar-refractivity contribution in [3.05, 3.63) is 11.6 Å². The zero-order chi connectivity index (χ0) is 17.0. The molecule has 0 saturated carbocycles. The largest absolute Gasteiger partial charge is 0.466 e. The van der Waals surface area contributed by atoms with Gasteiger partial charge in [-0.1, -0.05) is 5.57 Å². The SMILES string of the molecule is COC(=O)/C=C1/CCOCC1C1CCCN1C(=O)OC(C)(C)C. The van der Waals surface area contributed by atoms with Crippen LogP contribution in [0.25, 0.3) is 0 Å². The lowest BCUT2D eigenvalue weighted by Crippen LogP contribution is -2.45. The van der Waals surface area contributed by atoms with Crippen LogP contribution in [0, 0.1) is 5.92 Å². The summed E-state index contributed by atoms with van der Waals surface area (Å²) >= 11 is 0. The normalized spacial score (nSPS) is 27.1. The van der Waals surface area contributed by atoms with Crippen molar-refractivity contribution >= 4 is 12.1 Å². The first kappa shape index (κ1) is 17.8. The summed E-state index contributed by atoms with van der Waals surface area (Å²) in [6.45, 7) is 7.39. The smallest absolute Gasteiger partial charge is 0.410 e. The Morgan fingerprint density at radius 3 is 2.74 bits per heavy atom. The molecule has 0 bridgehead atoms. The molecule has 2 aliphatic heterocycles. The van der Waals surface area contributed by atoms with Crippen molar-refractivity contribution in [1.29, 1.82) is 0 Å². The van der Waals surface area contributed by atoms with Crippen molar-refractivity contribution in [3.63, 3.8) is 0 Å². The average molecular weight is 325 g/mol. The molecule has 6 heteroatoms. The maximum atomic E-state index is 12.5. The van der Waals surface area contributed by atoms with Gasteiger partial charge in [-0.05, 0) is 40.0 Å². The van der Waals surface area contributed by atoms with E-state index >= 15 is 0 Å². The molecule has 0 aromatic rings. The van der Waals surface area contributed by atoms with E-state index in [1.807, 2.05) is 20.8 Å². The maximum absolute atomic E-state index is 12.5. The number of hydrogen-bond donors (Lipinski definition) is 0. The summed E-state index contributed by atoms with van der Waals surface area (Å²) in [5, 5.41) is 0. The zero-order valence-corrected chi connectivity index (χ0v) is 14.5. The molecular formula is C17H27NO5. The van der Waals surface area contributed by atoms with E-state index < -0.39 is 5.60 Å². The Balaban J connectivity index is 2.15. The minimum absolute atomic E-state index is 0.0149. The Bertz CT molecular complexity index is 480. The molecular weight excluding hydrogens is 298 g/mol. The van der Waals surface area contributed by atoms with Gasteiger partial charge in [-0.15, -0.1) is 0 Å². The Labute approximate surface area is 137 Å². The van der Waals surface area contributed by atoms with Gasteiger partial charge in [-0.3, -0.25) is 0 Å². The van der Waals surface area contributed by atoms with Gasteiger partial charge in [0.25, 0.3) is 0 Å². The zero-order valence-electron chi connectivity index (χ0n) is 14.5. The highest BCUT2D eigenvalue weighted by molar-refractivity contribution is 5.82. The van der Waals surface area contributed by atoms with Crippen LogP contribution in [0.3, 0.4) is 0 Å². The third kappa shape index (κ3) is 4.70. The van der Waals surface area contributed by atoms with Gasteiger partial charge in [0.05, 0.1) is 20.3 Å². The van der Waals surface area contributed by atoms with Crippen molar-refractivity contribution in [2.75, 3.05) is 26.9 Å². The molecule has 0 aromatic carbocycles. The second-order valence-corrected chi connectivity index (χ2v) is 7.06.